The van der Waals surface area contributed by atoms with Crippen molar-refractivity contribution in [3.05, 3.63) is 62.8 Å². The van der Waals surface area contributed by atoms with E-state index in [1.807, 2.05) is 18.2 Å². The van der Waals surface area contributed by atoms with Crippen LogP contribution in [-0.2, 0) is 5.41 Å². The molecule has 5 rings (SSSR count). The van der Waals surface area contributed by atoms with E-state index < -0.39 is 6.10 Å². The Morgan fingerprint density at radius 1 is 1.16 bits per heavy atom. The molecule has 2 aliphatic rings. The van der Waals surface area contributed by atoms with Crippen molar-refractivity contribution in [1.82, 2.24) is 9.29 Å². The summed E-state index contributed by atoms with van der Waals surface area (Å²) in [5.41, 5.74) is 6.48. The number of anilines is 1. The zero-order valence-corrected chi connectivity index (χ0v) is 21.4. The highest BCUT2D eigenvalue weighted by Gasteiger charge is 2.40. The lowest BCUT2D eigenvalue weighted by Gasteiger charge is -2.41. The Morgan fingerprint density at radius 3 is 2.53 bits per heavy atom. The van der Waals surface area contributed by atoms with E-state index in [4.69, 9.17) is 0 Å². The van der Waals surface area contributed by atoms with Gasteiger partial charge in [0.2, 0.25) is 0 Å². The van der Waals surface area contributed by atoms with Gasteiger partial charge in [-0.2, -0.15) is 5.26 Å². The number of hydrogen-bond donors (Lipinski definition) is 3. The Labute approximate surface area is 200 Å². The van der Waals surface area contributed by atoms with Gasteiger partial charge in [-0.15, -0.1) is 0 Å². The number of H-pyrrole nitrogens is 1. The third kappa shape index (κ3) is 3.28. The summed E-state index contributed by atoms with van der Waals surface area (Å²) in [7, 11) is 0. The van der Waals surface area contributed by atoms with E-state index in [0.29, 0.717) is 5.56 Å². The lowest BCUT2D eigenvalue weighted by atomic mass is 9.70. The molecule has 1 fully saturated rings. The van der Waals surface area contributed by atoms with Crippen molar-refractivity contribution in [2.24, 2.45) is 0 Å². The van der Waals surface area contributed by atoms with Gasteiger partial charge in [-0.1, -0.05) is 19.9 Å². The zero-order chi connectivity index (χ0) is 22.8. The quantitative estimate of drug-likeness (QED) is 0.430. The van der Waals surface area contributed by atoms with E-state index in [-0.39, 0.29) is 16.5 Å². The number of aliphatic hydroxyl groups is 1. The van der Waals surface area contributed by atoms with E-state index in [1.54, 1.807) is 0 Å². The van der Waals surface area contributed by atoms with Gasteiger partial charge in [-0.25, -0.2) is 11.1 Å². The molecule has 7 heteroatoms. The van der Waals surface area contributed by atoms with Crippen LogP contribution in [-0.4, -0.2) is 53.1 Å². The van der Waals surface area contributed by atoms with E-state index in [2.05, 4.69) is 74.7 Å². The first-order valence-corrected chi connectivity index (χ1v) is 14.0. The number of benzene rings is 2. The molecule has 2 heterocycles. The molecule has 2 aromatic carbocycles. The first kappa shape index (κ1) is 21.8. The number of fused-ring (bicyclic) bond motifs is 4. The molecule has 1 aliphatic carbocycles. The maximum atomic E-state index is 11.5. The first-order chi connectivity index (χ1) is 15.2. The van der Waals surface area contributed by atoms with Gasteiger partial charge in [0.25, 0.3) is 0 Å². The topological polar surface area (TPSA) is 66.3 Å². The lowest BCUT2D eigenvalue weighted by molar-refractivity contribution is 0.211. The molecule has 1 unspecified atom stereocenters. The molecule has 1 aliphatic heterocycles. The summed E-state index contributed by atoms with van der Waals surface area (Å²) in [6.07, 6.45) is 3.93. The molecule has 2 N–H and O–H groups in total. The normalized spacial score (nSPS) is 20.6. The van der Waals surface area contributed by atoms with Crippen LogP contribution >= 0.6 is 27.0 Å². The number of aromatic nitrogens is 1. The van der Waals surface area contributed by atoms with E-state index in [1.165, 1.54) is 5.69 Å². The van der Waals surface area contributed by atoms with Crippen molar-refractivity contribution in [3.8, 4) is 6.07 Å². The maximum absolute atomic E-state index is 11.5. The first-order valence-electron chi connectivity index (χ1n) is 11.0. The molecule has 0 bridgehead atoms. The van der Waals surface area contributed by atoms with Crippen molar-refractivity contribution in [2.75, 3.05) is 43.6 Å². The third-order valence-electron chi connectivity index (χ3n) is 7.12. The highest BCUT2D eigenvalue weighted by Crippen LogP contribution is 2.50. The summed E-state index contributed by atoms with van der Waals surface area (Å²) in [4.78, 5) is 6.00. The van der Waals surface area contributed by atoms with Crippen LogP contribution in [0.2, 0.25) is 0 Å². The van der Waals surface area contributed by atoms with Crippen LogP contribution in [0.5, 0.6) is 0 Å². The molecule has 168 valence electrons. The number of nitrogens with zero attached hydrogens (tertiary/aromatic N) is 3. The van der Waals surface area contributed by atoms with Gasteiger partial charge in [0.1, 0.15) is 6.10 Å². The second kappa shape index (κ2) is 7.81. The molecule has 0 spiro atoms. The van der Waals surface area contributed by atoms with E-state index in [0.717, 1.165) is 63.9 Å². The summed E-state index contributed by atoms with van der Waals surface area (Å²) in [6, 6.07) is 12.2. The van der Waals surface area contributed by atoms with Gasteiger partial charge in [0.15, 0.2) is 0 Å². The summed E-state index contributed by atoms with van der Waals surface area (Å²) in [6.45, 7) is 8.62. The fraction of sp³-hybridized carbons (Fsp3) is 0.400. The number of rotatable bonds is 2. The van der Waals surface area contributed by atoms with Gasteiger partial charge < -0.3 is 15.0 Å². The molecule has 5 nitrogen and oxygen atoms in total. The molecule has 1 aromatic heterocycles. The number of aromatic amines is 1. The van der Waals surface area contributed by atoms with Crippen molar-refractivity contribution in [3.63, 3.8) is 0 Å². The molecule has 0 amide bonds. The molecule has 0 radical (unpaired) electrons. The zero-order valence-electron chi connectivity index (χ0n) is 18.9. The third-order valence-corrected chi connectivity index (χ3v) is 9.28. The Kier molecular flexibility index (Phi) is 5.33. The summed E-state index contributed by atoms with van der Waals surface area (Å²) in [5.74, 6) is 0. The fourth-order valence-electron chi connectivity index (χ4n) is 5.28. The molecule has 1 atom stereocenters. The molecule has 3 aromatic rings. The summed E-state index contributed by atoms with van der Waals surface area (Å²) < 4.78 is 3.61. The van der Waals surface area contributed by atoms with Crippen LogP contribution in [0, 0.1) is 11.3 Å². The van der Waals surface area contributed by atoms with Crippen LogP contribution in [0.25, 0.3) is 10.9 Å². The number of aliphatic hydroxyl groups excluding tert-OH is 1. The summed E-state index contributed by atoms with van der Waals surface area (Å²) >= 11 is 3.76. The van der Waals surface area contributed by atoms with Crippen LogP contribution in [0.1, 0.15) is 47.9 Å². The highest BCUT2D eigenvalue weighted by molar-refractivity contribution is 9.10. The second-order valence-corrected chi connectivity index (χ2v) is 12.6. The fourth-order valence-corrected chi connectivity index (χ4v) is 6.87. The minimum atomic E-state index is -0.708. The Bertz CT molecular complexity index is 1250. The van der Waals surface area contributed by atoms with E-state index in [9.17, 15) is 10.4 Å². The number of thiol groups is 1. The van der Waals surface area contributed by atoms with Gasteiger partial charge in [0.05, 0.1) is 17.3 Å². The van der Waals surface area contributed by atoms with Crippen LogP contribution in [0.4, 0.5) is 5.69 Å². The Morgan fingerprint density at radius 2 is 1.88 bits per heavy atom. The molecule has 32 heavy (non-hydrogen) atoms. The molecular formula is C25H29BrN4OS. The lowest BCUT2D eigenvalue weighted by Crippen LogP contribution is -2.45. The monoisotopic (exact) mass is 512 g/mol. The van der Waals surface area contributed by atoms with Crippen molar-refractivity contribution < 1.29 is 5.11 Å². The SMILES string of the molecule is C[SH](C)N1CCN(c2cc3c(cc2Br)C(O)c2c([nH]c4cc(C#N)ccc24)C3(C)C)CC1. The average molecular weight is 514 g/mol. The van der Waals surface area contributed by atoms with Crippen LogP contribution in [0.3, 0.4) is 0 Å². The van der Waals surface area contributed by atoms with Gasteiger partial charge in [0, 0.05) is 58.2 Å². The molecule has 0 saturated carbocycles. The minimum Gasteiger partial charge on any atom is -0.384 e. The molecule has 1 saturated heterocycles. The van der Waals surface area contributed by atoms with Crippen LogP contribution in [0.15, 0.2) is 34.8 Å². The second-order valence-electron chi connectivity index (χ2n) is 9.49. The number of nitrogens with one attached hydrogen (secondary N) is 1. The average Bonchev–Trinajstić information content (AvgIpc) is 3.17. The Hall–Kier alpha value is -1.98. The number of nitriles is 1. The van der Waals surface area contributed by atoms with Crippen molar-refractivity contribution >= 4 is 43.6 Å². The van der Waals surface area contributed by atoms with Gasteiger partial charge in [-0.05, 0) is 63.8 Å². The predicted octanol–water partition coefficient (Wildman–Crippen LogP) is 4.82. The largest absolute Gasteiger partial charge is 0.384 e. The van der Waals surface area contributed by atoms with Gasteiger partial charge >= 0.3 is 0 Å². The van der Waals surface area contributed by atoms with Crippen molar-refractivity contribution in [2.45, 2.75) is 25.4 Å². The van der Waals surface area contributed by atoms with Crippen molar-refractivity contribution in [1.29, 1.82) is 5.26 Å². The minimum absolute atomic E-state index is 0.0491. The molecular weight excluding hydrogens is 484 g/mol. The standard InChI is InChI=1S/C25H29BrN4OS/c1-25(2)18-13-21(29-7-9-30(10-8-29)32(3)4)19(26)12-17(18)23(31)22-16-6-5-15(14-27)11-20(16)28-24(22)25/h5-6,11-13,23,28,31-32H,7-10H2,1-4H3. The number of halogens is 1. The van der Waals surface area contributed by atoms with E-state index >= 15 is 0 Å². The Balaban J connectivity index is 1.60. The predicted molar refractivity (Wildman–Crippen MR) is 138 cm³/mol. The van der Waals surface area contributed by atoms with Gasteiger partial charge in [-0.3, -0.25) is 4.31 Å². The summed E-state index contributed by atoms with van der Waals surface area (Å²) in [5, 5.41) is 21.7. The number of piperazine rings is 1. The smallest absolute Gasteiger partial charge is 0.107 e. The maximum Gasteiger partial charge on any atom is 0.107 e. The van der Waals surface area contributed by atoms with Crippen LogP contribution < -0.4 is 4.90 Å². The number of hydrogen-bond acceptors (Lipinski definition) is 4. The highest BCUT2D eigenvalue weighted by atomic mass is 79.9.